The minimum Gasteiger partial charge on any atom is -0.274 e. The van der Waals surface area contributed by atoms with Gasteiger partial charge in [0, 0.05) is 12.6 Å². The van der Waals surface area contributed by atoms with Crippen molar-refractivity contribution in [2.75, 3.05) is 4.90 Å². The van der Waals surface area contributed by atoms with Crippen LogP contribution in [0.2, 0.25) is 0 Å². The van der Waals surface area contributed by atoms with Gasteiger partial charge >= 0.3 is 0 Å². The summed E-state index contributed by atoms with van der Waals surface area (Å²) in [5, 5.41) is 0. The zero-order chi connectivity index (χ0) is 12.1. The molecular weight excluding hydrogens is 212 g/mol. The number of amides is 1. The summed E-state index contributed by atoms with van der Waals surface area (Å²) in [5.41, 5.74) is 0.845. The van der Waals surface area contributed by atoms with E-state index >= 15 is 0 Å². The van der Waals surface area contributed by atoms with Gasteiger partial charge in [-0.3, -0.25) is 9.69 Å². The van der Waals surface area contributed by atoms with Gasteiger partial charge in [-0.15, -0.1) is 0 Å². The molecule has 1 heterocycles. The van der Waals surface area contributed by atoms with E-state index in [0.717, 1.165) is 5.69 Å². The first-order chi connectivity index (χ1) is 8.33. The van der Waals surface area contributed by atoms with Crippen LogP contribution in [0.15, 0.2) is 54.7 Å². The zero-order valence-electron chi connectivity index (χ0n) is 9.71. The Kier molecular flexibility index (Phi) is 3.50. The highest BCUT2D eigenvalue weighted by Crippen LogP contribution is 2.23. The van der Waals surface area contributed by atoms with Gasteiger partial charge in [-0.05, 0) is 24.3 Å². The Bertz CT molecular complexity index is 443. The van der Waals surface area contributed by atoms with Crippen molar-refractivity contribution in [1.82, 2.24) is 4.98 Å². The highest BCUT2D eigenvalue weighted by atomic mass is 16.2. The van der Waals surface area contributed by atoms with Crippen molar-refractivity contribution in [2.24, 2.45) is 0 Å². The van der Waals surface area contributed by atoms with Crippen molar-refractivity contribution < 1.29 is 4.79 Å². The summed E-state index contributed by atoms with van der Waals surface area (Å²) in [5.74, 6) is 0.695. The average molecular weight is 226 g/mol. The first-order valence-electron chi connectivity index (χ1n) is 5.62. The first-order valence-corrected chi connectivity index (χ1v) is 5.62. The fourth-order valence-electron chi connectivity index (χ4n) is 1.63. The molecule has 0 aliphatic rings. The number of hydrogen-bond donors (Lipinski definition) is 0. The van der Waals surface area contributed by atoms with Crippen LogP contribution < -0.4 is 4.90 Å². The molecule has 3 heteroatoms. The number of para-hydroxylation sites is 1. The molecule has 2 rings (SSSR count). The normalized spacial score (nSPS) is 9.94. The molecule has 0 spiro atoms. The molecule has 0 aliphatic heterocycles. The number of carbonyl (C=O) groups is 1. The lowest BCUT2D eigenvalue weighted by Crippen LogP contribution is -2.25. The van der Waals surface area contributed by atoms with Crippen LogP contribution in [0.1, 0.15) is 13.3 Å². The van der Waals surface area contributed by atoms with Gasteiger partial charge in [0.25, 0.3) is 0 Å². The summed E-state index contributed by atoms with van der Waals surface area (Å²) in [6.07, 6.45) is 2.14. The maximum absolute atomic E-state index is 12.0. The van der Waals surface area contributed by atoms with Gasteiger partial charge in [-0.25, -0.2) is 4.98 Å². The number of hydrogen-bond acceptors (Lipinski definition) is 2. The number of pyridine rings is 1. The Balaban J connectivity index is 2.43. The largest absolute Gasteiger partial charge is 0.274 e. The van der Waals surface area contributed by atoms with E-state index in [1.165, 1.54) is 0 Å². The molecule has 86 valence electrons. The van der Waals surface area contributed by atoms with Gasteiger partial charge in [0.05, 0.1) is 5.69 Å². The molecule has 0 saturated carbocycles. The summed E-state index contributed by atoms with van der Waals surface area (Å²) in [6, 6.07) is 15.1. The molecule has 1 amide bonds. The topological polar surface area (TPSA) is 33.2 Å². The molecule has 0 radical (unpaired) electrons. The summed E-state index contributed by atoms with van der Waals surface area (Å²) in [7, 11) is 0. The summed E-state index contributed by atoms with van der Waals surface area (Å²) < 4.78 is 0. The molecule has 1 aromatic heterocycles. The molecular formula is C14H14N2O. The smallest absolute Gasteiger partial charge is 0.232 e. The molecule has 0 fully saturated rings. The van der Waals surface area contributed by atoms with Gasteiger partial charge in [0.1, 0.15) is 5.82 Å². The molecule has 0 N–H and O–H groups in total. The number of carbonyl (C=O) groups excluding carboxylic acids is 1. The van der Waals surface area contributed by atoms with E-state index in [-0.39, 0.29) is 5.91 Å². The average Bonchev–Trinajstić information content (AvgIpc) is 2.41. The molecule has 17 heavy (non-hydrogen) atoms. The molecule has 1 aromatic carbocycles. The van der Waals surface area contributed by atoms with Crippen LogP contribution in [0.5, 0.6) is 0 Å². The lowest BCUT2D eigenvalue weighted by atomic mass is 10.2. The fourth-order valence-corrected chi connectivity index (χ4v) is 1.63. The van der Waals surface area contributed by atoms with Crippen LogP contribution in [0.4, 0.5) is 11.5 Å². The van der Waals surface area contributed by atoms with Crippen LogP contribution >= 0.6 is 0 Å². The SMILES string of the molecule is CCC(=O)N(c1ccccc1)c1ccccn1. The number of nitrogens with zero attached hydrogens (tertiary/aromatic N) is 2. The molecule has 0 bridgehead atoms. The van der Waals surface area contributed by atoms with Crippen molar-refractivity contribution in [3.8, 4) is 0 Å². The Labute approximate surface area is 101 Å². The van der Waals surface area contributed by atoms with E-state index in [4.69, 9.17) is 0 Å². The second-order valence-electron chi connectivity index (χ2n) is 3.61. The summed E-state index contributed by atoms with van der Waals surface area (Å²) in [4.78, 5) is 17.9. The van der Waals surface area contributed by atoms with E-state index in [1.807, 2.05) is 55.5 Å². The maximum atomic E-state index is 12.0. The van der Waals surface area contributed by atoms with Crippen LogP contribution in [-0.4, -0.2) is 10.9 Å². The van der Waals surface area contributed by atoms with Crippen molar-refractivity contribution in [1.29, 1.82) is 0 Å². The second kappa shape index (κ2) is 5.25. The molecule has 0 saturated heterocycles. The predicted molar refractivity (Wildman–Crippen MR) is 68.1 cm³/mol. The highest BCUT2D eigenvalue weighted by molar-refractivity contribution is 5.99. The van der Waals surface area contributed by atoms with Gasteiger partial charge in [0.2, 0.25) is 5.91 Å². The van der Waals surface area contributed by atoms with Crippen LogP contribution in [-0.2, 0) is 4.79 Å². The minimum absolute atomic E-state index is 0.0369. The van der Waals surface area contributed by atoms with Gasteiger partial charge in [-0.1, -0.05) is 31.2 Å². The summed E-state index contributed by atoms with van der Waals surface area (Å²) in [6.45, 7) is 1.85. The standard InChI is InChI=1S/C14H14N2O/c1-2-14(17)16(12-8-4-3-5-9-12)13-10-6-7-11-15-13/h3-11H,2H2,1H3. The molecule has 0 atom stereocenters. The highest BCUT2D eigenvalue weighted by Gasteiger charge is 2.16. The fraction of sp³-hybridized carbons (Fsp3) is 0.143. The Hall–Kier alpha value is -2.16. The third kappa shape index (κ3) is 2.50. The van der Waals surface area contributed by atoms with Crippen molar-refractivity contribution in [3.05, 3.63) is 54.7 Å². The molecule has 0 aliphatic carbocycles. The lowest BCUT2D eigenvalue weighted by molar-refractivity contribution is -0.117. The monoisotopic (exact) mass is 226 g/mol. The Morgan fingerprint density at radius 2 is 1.82 bits per heavy atom. The summed E-state index contributed by atoms with van der Waals surface area (Å²) >= 11 is 0. The minimum atomic E-state index is 0.0369. The third-order valence-electron chi connectivity index (χ3n) is 2.44. The molecule has 0 unspecified atom stereocenters. The second-order valence-corrected chi connectivity index (χ2v) is 3.61. The van der Waals surface area contributed by atoms with E-state index in [0.29, 0.717) is 12.2 Å². The Morgan fingerprint density at radius 3 is 2.41 bits per heavy atom. The quantitative estimate of drug-likeness (QED) is 0.805. The van der Waals surface area contributed by atoms with Crippen molar-refractivity contribution in [3.63, 3.8) is 0 Å². The number of aromatic nitrogens is 1. The zero-order valence-corrected chi connectivity index (χ0v) is 9.71. The third-order valence-corrected chi connectivity index (χ3v) is 2.44. The molecule has 2 aromatic rings. The first kappa shape index (κ1) is 11.3. The van der Waals surface area contributed by atoms with Crippen molar-refractivity contribution in [2.45, 2.75) is 13.3 Å². The van der Waals surface area contributed by atoms with E-state index in [1.54, 1.807) is 11.1 Å². The van der Waals surface area contributed by atoms with E-state index < -0.39 is 0 Å². The van der Waals surface area contributed by atoms with Crippen molar-refractivity contribution >= 4 is 17.4 Å². The number of benzene rings is 1. The predicted octanol–water partition coefficient (Wildman–Crippen LogP) is 3.16. The van der Waals surface area contributed by atoms with E-state index in [9.17, 15) is 4.79 Å². The van der Waals surface area contributed by atoms with E-state index in [2.05, 4.69) is 4.98 Å². The van der Waals surface area contributed by atoms with Gasteiger partial charge < -0.3 is 0 Å². The maximum Gasteiger partial charge on any atom is 0.232 e. The van der Waals surface area contributed by atoms with Crippen LogP contribution in [0.25, 0.3) is 0 Å². The Morgan fingerprint density at radius 1 is 1.12 bits per heavy atom. The number of anilines is 2. The number of rotatable bonds is 3. The lowest BCUT2D eigenvalue weighted by Gasteiger charge is -2.21. The van der Waals surface area contributed by atoms with Gasteiger partial charge in [-0.2, -0.15) is 0 Å². The van der Waals surface area contributed by atoms with Crippen LogP contribution in [0, 0.1) is 0 Å². The molecule has 3 nitrogen and oxygen atoms in total. The van der Waals surface area contributed by atoms with Crippen LogP contribution in [0.3, 0.4) is 0 Å². The van der Waals surface area contributed by atoms with Gasteiger partial charge in [0.15, 0.2) is 0 Å².